The van der Waals surface area contributed by atoms with Crippen LogP contribution in [0.5, 0.6) is 0 Å². The number of aromatic nitrogens is 5. The molecule has 5 rings (SSSR count). The second-order valence-electron chi connectivity index (χ2n) is 7.52. The molecule has 1 aromatic carbocycles. The minimum absolute atomic E-state index is 0.489. The van der Waals surface area contributed by atoms with Crippen LogP contribution in [-0.2, 0) is 6.54 Å². The Morgan fingerprint density at radius 2 is 1.84 bits per heavy atom. The fraction of sp³-hybridized carbons (Fsp3) is 0.167. The number of nitrogens with zero attached hydrogens (tertiary/aromatic N) is 5. The van der Waals surface area contributed by atoms with Crippen LogP contribution >= 0.6 is 0 Å². The monoisotopic (exact) mass is 426 g/mol. The van der Waals surface area contributed by atoms with Crippen molar-refractivity contribution in [2.24, 2.45) is 0 Å². The van der Waals surface area contributed by atoms with Crippen molar-refractivity contribution in [1.29, 1.82) is 0 Å². The van der Waals surface area contributed by atoms with Gasteiger partial charge in [0, 0.05) is 30.1 Å². The first kappa shape index (κ1) is 19.7. The number of furan rings is 1. The molecule has 0 spiro atoms. The topological polar surface area (TPSA) is 94.8 Å². The predicted molar refractivity (Wildman–Crippen MR) is 120 cm³/mol. The van der Waals surface area contributed by atoms with Gasteiger partial charge < -0.3 is 14.3 Å². The molecule has 0 radical (unpaired) electrons. The van der Waals surface area contributed by atoms with Crippen molar-refractivity contribution in [3.8, 4) is 28.5 Å². The molecule has 0 amide bonds. The molecule has 4 aromatic heterocycles. The summed E-state index contributed by atoms with van der Waals surface area (Å²) in [5, 5.41) is 12.0. The van der Waals surface area contributed by atoms with Crippen molar-refractivity contribution in [3.63, 3.8) is 0 Å². The summed E-state index contributed by atoms with van der Waals surface area (Å²) in [6.07, 6.45) is 3.34. The van der Waals surface area contributed by atoms with Crippen molar-refractivity contribution in [2.45, 2.75) is 27.3 Å². The molecule has 1 N–H and O–H groups in total. The SMILES string of the molecule is Cc1cc(-c2cnc(NCc3c(C)nn(-c4ccccc4)c3C)nc2-c2ccco2)on1. The number of rotatable bonds is 6. The Kier molecular flexibility index (Phi) is 5.03. The number of benzene rings is 1. The summed E-state index contributed by atoms with van der Waals surface area (Å²) < 4.78 is 13.0. The molecule has 8 heteroatoms. The van der Waals surface area contributed by atoms with Gasteiger partial charge in [-0.15, -0.1) is 0 Å². The maximum absolute atomic E-state index is 5.60. The van der Waals surface area contributed by atoms with Gasteiger partial charge in [0.1, 0.15) is 5.69 Å². The standard InChI is InChI=1S/C24H22N6O2/c1-15-12-22(32-29-15)20-14-26-24(27-23(20)21-10-7-11-31-21)25-13-19-16(2)28-30(17(19)3)18-8-5-4-6-9-18/h4-12,14H,13H2,1-3H3,(H,25,26,27). The zero-order chi connectivity index (χ0) is 22.1. The van der Waals surface area contributed by atoms with E-state index in [-0.39, 0.29) is 0 Å². The van der Waals surface area contributed by atoms with Crippen LogP contribution in [0.1, 0.15) is 22.6 Å². The maximum Gasteiger partial charge on any atom is 0.223 e. The van der Waals surface area contributed by atoms with E-state index in [4.69, 9.17) is 19.0 Å². The largest absolute Gasteiger partial charge is 0.463 e. The Morgan fingerprint density at radius 1 is 1.00 bits per heavy atom. The number of hydrogen-bond acceptors (Lipinski definition) is 7. The molecule has 4 heterocycles. The van der Waals surface area contributed by atoms with E-state index >= 15 is 0 Å². The highest BCUT2D eigenvalue weighted by atomic mass is 16.5. The average molecular weight is 426 g/mol. The fourth-order valence-corrected chi connectivity index (χ4v) is 3.66. The van der Waals surface area contributed by atoms with E-state index < -0.39 is 0 Å². The zero-order valence-electron chi connectivity index (χ0n) is 18.0. The van der Waals surface area contributed by atoms with Crippen LogP contribution in [0.15, 0.2) is 69.9 Å². The molecule has 0 aliphatic carbocycles. The Balaban J connectivity index is 1.45. The third kappa shape index (κ3) is 3.66. The first-order valence-electron chi connectivity index (χ1n) is 10.3. The molecule has 32 heavy (non-hydrogen) atoms. The van der Waals surface area contributed by atoms with Crippen molar-refractivity contribution >= 4 is 5.95 Å². The fourth-order valence-electron chi connectivity index (χ4n) is 3.66. The smallest absolute Gasteiger partial charge is 0.223 e. The summed E-state index contributed by atoms with van der Waals surface area (Å²) in [4.78, 5) is 9.20. The number of nitrogens with one attached hydrogen (secondary N) is 1. The van der Waals surface area contributed by atoms with Crippen molar-refractivity contribution < 1.29 is 8.94 Å². The number of aryl methyl sites for hydroxylation is 2. The van der Waals surface area contributed by atoms with E-state index in [9.17, 15) is 0 Å². The normalized spacial score (nSPS) is 11.1. The summed E-state index contributed by atoms with van der Waals surface area (Å²) >= 11 is 0. The summed E-state index contributed by atoms with van der Waals surface area (Å²) in [5.74, 6) is 1.71. The third-order valence-electron chi connectivity index (χ3n) is 5.30. The van der Waals surface area contributed by atoms with Gasteiger partial charge >= 0.3 is 0 Å². The lowest BCUT2D eigenvalue weighted by Crippen LogP contribution is -2.07. The molecule has 160 valence electrons. The third-order valence-corrected chi connectivity index (χ3v) is 5.30. The van der Waals surface area contributed by atoms with Gasteiger partial charge in [-0.2, -0.15) is 5.10 Å². The highest BCUT2D eigenvalue weighted by molar-refractivity contribution is 5.75. The van der Waals surface area contributed by atoms with E-state index in [2.05, 4.69) is 22.4 Å². The van der Waals surface area contributed by atoms with Crippen molar-refractivity contribution in [3.05, 3.63) is 83.6 Å². The second kappa shape index (κ2) is 8.14. The van der Waals surface area contributed by atoms with Gasteiger partial charge in [-0.3, -0.25) is 0 Å². The molecule has 5 aromatic rings. The van der Waals surface area contributed by atoms with Crippen LogP contribution in [0.2, 0.25) is 0 Å². The minimum Gasteiger partial charge on any atom is -0.463 e. The molecule has 0 atom stereocenters. The number of para-hydroxylation sites is 1. The Hall–Kier alpha value is -4.20. The van der Waals surface area contributed by atoms with Gasteiger partial charge in [-0.25, -0.2) is 14.6 Å². The van der Waals surface area contributed by atoms with E-state index in [1.54, 1.807) is 12.5 Å². The van der Waals surface area contributed by atoms with Crippen LogP contribution in [-0.4, -0.2) is 24.9 Å². The average Bonchev–Trinajstić information content (AvgIpc) is 3.55. The van der Waals surface area contributed by atoms with E-state index in [0.717, 1.165) is 33.9 Å². The molecule has 0 aliphatic rings. The van der Waals surface area contributed by atoms with Gasteiger partial charge in [-0.05, 0) is 45.0 Å². The van der Waals surface area contributed by atoms with E-state index in [0.29, 0.717) is 29.7 Å². The van der Waals surface area contributed by atoms with Crippen LogP contribution < -0.4 is 5.32 Å². The minimum atomic E-state index is 0.489. The van der Waals surface area contributed by atoms with Crippen molar-refractivity contribution in [2.75, 3.05) is 5.32 Å². The predicted octanol–water partition coefficient (Wildman–Crippen LogP) is 5.11. The lowest BCUT2D eigenvalue weighted by atomic mass is 10.1. The molecule has 0 aliphatic heterocycles. The second-order valence-corrected chi connectivity index (χ2v) is 7.52. The first-order chi connectivity index (χ1) is 15.6. The maximum atomic E-state index is 5.60. The summed E-state index contributed by atoms with van der Waals surface area (Å²) in [6.45, 7) is 6.49. The Labute approximate surface area is 184 Å². The van der Waals surface area contributed by atoms with Gasteiger partial charge in [0.25, 0.3) is 0 Å². The summed E-state index contributed by atoms with van der Waals surface area (Å²) in [5.41, 5.74) is 6.30. The van der Waals surface area contributed by atoms with E-state index in [1.165, 1.54) is 0 Å². The highest BCUT2D eigenvalue weighted by Gasteiger charge is 2.18. The van der Waals surface area contributed by atoms with Crippen molar-refractivity contribution in [1.82, 2.24) is 24.9 Å². The summed E-state index contributed by atoms with van der Waals surface area (Å²) in [7, 11) is 0. The zero-order valence-corrected chi connectivity index (χ0v) is 18.0. The van der Waals surface area contributed by atoms with Crippen LogP contribution in [0, 0.1) is 20.8 Å². The number of anilines is 1. The first-order valence-corrected chi connectivity index (χ1v) is 10.3. The molecule has 0 bridgehead atoms. The molecule has 0 saturated carbocycles. The lowest BCUT2D eigenvalue weighted by molar-refractivity contribution is 0.427. The number of hydrogen-bond donors (Lipinski definition) is 1. The van der Waals surface area contributed by atoms with Gasteiger partial charge in [0.05, 0.1) is 28.9 Å². The van der Waals surface area contributed by atoms with Gasteiger partial charge in [0.2, 0.25) is 5.95 Å². The van der Waals surface area contributed by atoms with Gasteiger partial charge in [-0.1, -0.05) is 23.4 Å². The quantitative estimate of drug-likeness (QED) is 0.403. The van der Waals surface area contributed by atoms with Gasteiger partial charge in [0.15, 0.2) is 11.5 Å². The molecule has 0 saturated heterocycles. The summed E-state index contributed by atoms with van der Waals surface area (Å²) in [6, 6.07) is 15.6. The Morgan fingerprint density at radius 3 is 2.56 bits per heavy atom. The molecular formula is C24H22N6O2. The van der Waals surface area contributed by atoms with Crippen LogP contribution in [0.4, 0.5) is 5.95 Å². The van der Waals surface area contributed by atoms with E-state index in [1.807, 2.05) is 67.1 Å². The molecular weight excluding hydrogens is 404 g/mol. The van der Waals surface area contributed by atoms with Crippen LogP contribution in [0.25, 0.3) is 28.5 Å². The molecule has 8 nitrogen and oxygen atoms in total. The molecule has 0 fully saturated rings. The molecule has 0 unspecified atom stereocenters. The Bertz CT molecular complexity index is 1350. The lowest BCUT2D eigenvalue weighted by Gasteiger charge is -2.09. The van der Waals surface area contributed by atoms with Crippen LogP contribution in [0.3, 0.4) is 0 Å². The highest BCUT2D eigenvalue weighted by Crippen LogP contribution is 2.31.